The van der Waals surface area contributed by atoms with Gasteiger partial charge in [-0.3, -0.25) is 10.1 Å². The minimum atomic E-state index is -3.86. The van der Waals surface area contributed by atoms with Crippen molar-refractivity contribution in [2.45, 2.75) is 49.8 Å². The van der Waals surface area contributed by atoms with Crippen molar-refractivity contribution in [3.63, 3.8) is 0 Å². The molecule has 1 saturated carbocycles. The number of benzene rings is 4. The summed E-state index contributed by atoms with van der Waals surface area (Å²) in [6.45, 7) is 0. The van der Waals surface area contributed by atoms with E-state index in [2.05, 4.69) is 15.8 Å². The molecule has 1 heterocycles. The van der Waals surface area contributed by atoms with Crippen molar-refractivity contribution in [3.8, 4) is 0 Å². The molecule has 4 aromatic carbocycles. The molecule has 1 fully saturated rings. The molecule has 6 rings (SSSR count). The average molecular weight is 548 g/mol. The first kappa shape index (κ1) is 26.2. The van der Waals surface area contributed by atoms with Crippen LogP contribution in [0.15, 0.2) is 101 Å². The lowest BCUT2D eigenvalue weighted by atomic mass is 9.90. The van der Waals surface area contributed by atoms with Gasteiger partial charge >= 0.3 is 0 Å². The Bertz CT molecular complexity index is 1730. The summed E-state index contributed by atoms with van der Waals surface area (Å²) in [6, 6.07) is 26.9. The molecule has 0 amide bonds. The van der Waals surface area contributed by atoms with Crippen LogP contribution in [0.3, 0.4) is 0 Å². The summed E-state index contributed by atoms with van der Waals surface area (Å²) in [6.07, 6.45) is 11.2. The zero-order chi connectivity index (χ0) is 27.5. The Hall–Kier alpha value is -4.03. The van der Waals surface area contributed by atoms with E-state index in [1.54, 1.807) is 12.1 Å². The molecule has 0 unspecified atom stereocenters. The molecule has 202 valence electrons. The van der Waals surface area contributed by atoms with Gasteiger partial charge in [-0.05, 0) is 59.0 Å². The van der Waals surface area contributed by atoms with Crippen LogP contribution in [-0.4, -0.2) is 20.0 Å². The monoisotopic (exact) mass is 547 g/mol. The molecule has 1 aliphatic carbocycles. The predicted octanol–water partition coefficient (Wildman–Crippen LogP) is 7.80. The van der Waals surface area contributed by atoms with E-state index < -0.39 is 10.0 Å². The van der Waals surface area contributed by atoms with Crippen molar-refractivity contribution < 1.29 is 8.42 Å². The highest BCUT2D eigenvalue weighted by Crippen LogP contribution is 2.34. The number of hydrogen-bond donors (Lipinski definition) is 2. The summed E-state index contributed by atoms with van der Waals surface area (Å²) in [5, 5.41) is 9.98. The molecule has 0 aromatic heterocycles. The first-order valence-electron chi connectivity index (χ1n) is 14.0. The van der Waals surface area contributed by atoms with Gasteiger partial charge in [0.05, 0.1) is 16.3 Å². The van der Waals surface area contributed by atoms with E-state index >= 15 is 0 Å². The Morgan fingerprint density at radius 2 is 1.65 bits per heavy atom. The van der Waals surface area contributed by atoms with E-state index in [0.717, 1.165) is 40.5 Å². The van der Waals surface area contributed by atoms with Gasteiger partial charge in [-0.1, -0.05) is 105 Å². The fourth-order valence-electron chi connectivity index (χ4n) is 5.96. The van der Waals surface area contributed by atoms with Crippen molar-refractivity contribution in [2.24, 2.45) is 10.9 Å². The molecular formula is C34H33N3O2S. The lowest BCUT2D eigenvalue weighted by Crippen LogP contribution is -2.19. The fraction of sp³-hybridized carbons (Fsp3) is 0.235. The lowest BCUT2D eigenvalue weighted by Gasteiger charge is -2.21. The van der Waals surface area contributed by atoms with Gasteiger partial charge in [0.2, 0.25) is 0 Å². The Balaban J connectivity index is 1.40. The van der Waals surface area contributed by atoms with Crippen LogP contribution in [0.1, 0.15) is 54.4 Å². The number of nitrogens with one attached hydrogen (secondary N) is 2. The van der Waals surface area contributed by atoms with Gasteiger partial charge < -0.3 is 0 Å². The third-order valence-corrected chi connectivity index (χ3v) is 9.46. The zero-order valence-electron chi connectivity index (χ0n) is 22.4. The molecule has 0 bridgehead atoms. The molecular weight excluding hydrogens is 514 g/mol. The molecule has 0 spiro atoms. The molecule has 1 aliphatic heterocycles. The molecule has 6 heteroatoms. The molecule has 0 saturated heterocycles. The van der Waals surface area contributed by atoms with Crippen molar-refractivity contribution in [3.05, 3.63) is 113 Å². The van der Waals surface area contributed by atoms with E-state index in [4.69, 9.17) is 5.41 Å². The number of hydrogen-bond acceptors (Lipinski definition) is 3. The summed E-state index contributed by atoms with van der Waals surface area (Å²) in [4.78, 5) is 4.82. The summed E-state index contributed by atoms with van der Waals surface area (Å²) < 4.78 is 30.7. The second-order valence-corrected chi connectivity index (χ2v) is 12.5. The zero-order valence-corrected chi connectivity index (χ0v) is 23.3. The highest BCUT2D eigenvalue weighted by Gasteiger charge is 2.24. The van der Waals surface area contributed by atoms with Crippen LogP contribution in [-0.2, 0) is 22.9 Å². The second-order valence-electron chi connectivity index (χ2n) is 10.8. The van der Waals surface area contributed by atoms with Gasteiger partial charge in [0.25, 0.3) is 10.0 Å². The van der Waals surface area contributed by atoms with Crippen LogP contribution < -0.4 is 4.72 Å². The maximum Gasteiger partial charge on any atom is 0.262 e. The number of allylic oxidation sites excluding steroid dienone is 1. The Kier molecular flexibility index (Phi) is 7.35. The van der Waals surface area contributed by atoms with Crippen molar-refractivity contribution >= 4 is 44.1 Å². The summed E-state index contributed by atoms with van der Waals surface area (Å²) >= 11 is 0. The smallest absolute Gasteiger partial charge is 0.262 e. The van der Waals surface area contributed by atoms with Crippen LogP contribution in [0.4, 0.5) is 5.69 Å². The minimum absolute atomic E-state index is 0.268. The van der Waals surface area contributed by atoms with Crippen LogP contribution in [0.2, 0.25) is 0 Å². The fourth-order valence-corrected chi connectivity index (χ4v) is 7.29. The molecule has 5 nitrogen and oxygen atoms in total. The first-order chi connectivity index (χ1) is 19.5. The van der Waals surface area contributed by atoms with Crippen LogP contribution in [0.25, 0.3) is 16.8 Å². The largest absolute Gasteiger partial charge is 0.286 e. The number of fused-ring (bicyclic) bond motifs is 2. The van der Waals surface area contributed by atoms with E-state index in [0.29, 0.717) is 35.0 Å². The van der Waals surface area contributed by atoms with Crippen molar-refractivity contribution in [1.29, 1.82) is 5.41 Å². The molecule has 0 atom stereocenters. The quantitative estimate of drug-likeness (QED) is 0.236. The van der Waals surface area contributed by atoms with Gasteiger partial charge in [-0.15, -0.1) is 0 Å². The molecule has 4 aromatic rings. The standard InChI is InChI=1S/C34H33N3O2S/c35-34-22-28-21-27(19-17-24-11-4-5-12-24)32(23-30(28)31(36-34)20-18-25-9-2-1-3-10-25)37-40(38,39)33-16-8-14-26-13-6-7-15-29(26)33/h1-3,6-10,13-16,18,20-21,23-24,35,37H,4-5,11-12,17,19,22H2/b20-18+,35-34?. The Morgan fingerprint density at radius 3 is 2.48 bits per heavy atom. The number of aryl methyl sites for hydroxylation is 1. The highest BCUT2D eigenvalue weighted by atomic mass is 32.2. The predicted molar refractivity (Wildman–Crippen MR) is 165 cm³/mol. The molecule has 2 N–H and O–H groups in total. The lowest BCUT2D eigenvalue weighted by molar-refractivity contribution is 0.504. The van der Waals surface area contributed by atoms with E-state index in [1.165, 1.54) is 25.7 Å². The molecule has 0 radical (unpaired) electrons. The van der Waals surface area contributed by atoms with E-state index in [-0.39, 0.29) is 4.90 Å². The van der Waals surface area contributed by atoms with Gasteiger partial charge in [-0.25, -0.2) is 13.4 Å². The summed E-state index contributed by atoms with van der Waals surface area (Å²) in [7, 11) is -3.86. The summed E-state index contributed by atoms with van der Waals surface area (Å²) in [5.74, 6) is 0.994. The number of aliphatic imine (C=N–C) groups is 1. The number of nitrogens with zero attached hydrogens (tertiary/aromatic N) is 1. The number of amidine groups is 1. The second kappa shape index (κ2) is 11.2. The third-order valence-electron chi connectivity index (χ3n) is 8.03. The van der Waals surface area contributed by atoms with E-state index in [9.17, 15) is 8.42 Å². The minimum Gasteiger partial charge on any atom is -0.286 e. The summed E-state index contributed by atoms with van der Waals surface area (Å²) in [5.41, 5.74) is 5.16. The van der Waals surface area contributed by atoms with E-state index in [1.807, 2.05) is 78.9 Å². The topological polar surface area (TPSA) is 82.4 Å². The maximum atomic E-state index is 13.9. The van der Waals surface area contributed by atoms with Crippen molar-refractivity contribution in [1.82, 2.24) is 0 Å². The maximum absolute atomic E-state index is 13.9. The SMILES string of the molecule is N=C1Cc2cc(CCC3CCCC3)c(NS(=O)(=O)c3cccc4ccccc34)cc2C(/C=C/c2ccccc2)=N1. The molecule has 2 aliphatic rings. The Morgan fingerprint density at radius 1 is 0.900 bits per heavy atom. The van der Waals surface area contributed by atoms with Crippen LogP contribution >= 0.6 is 0 Å². The van der Waals surface area contributed by atoms with Crippen LogP contribution in [0.5, 0.6) is 0 Å². The highest BCUT2D eigenvalue weighted by molar-refractivity contribution is 7.93. The van der Waals surface area contributed by atoms with Gasteiger partial charge in [0, 0.05) is 17.4 Å². The van der Waals surface area contributed by atoms with Gasteiger partial charge in [-0.2, -0.15) is 0 Å². The normalized spacial score (nSPS) is 15.9. The third kappa shape index (κ3) is 5.63. The number of sulfonamides is 1. The van der Waals surface area contributed by atoms with Gasteiger partial charge in [0.15, 0.2) is 0 Å². The first-order valence-corrected chi connectivity index (χ1v) is 15.5. The molecule has 40 heavy (non-hydrogen) atoms. The van der Waals surface area contributed by atoms with Crippen LogP contribution in [0, 0.1) is 11.3 Å². The average Bonchev–Trinajstić information content (AvgIpc) is 3.49. The Labute approximate surface area is 236 Å². The van der Waals surface area contributed by atoms with Gasteiger partial charge in [0.1, 0.15) is 5.84 Å². The van der Waals surface area contributed by atoms with Crippen molar-refractivity contribution in [2.75, 3.05) is 4.72 Å². The number of anilines is 1. The number of rotatable bonds is 8.